The quantitative estimate of drug-likeness (QED) is 0.850. The lowest BCUT2D eigenvalue weighted by molar-refractivity contribution is -0.148. The minimum Gasteiger partial charge on any atom is -0.481 e. The third kappa shape index (κ3) is 2.99. The van der Waals surface area contributed by atoms with Crippen LogP contribution in [0.4, 0.5) is 0 Å². The Labute approximate surface area is 157 Å². The van der Waals surface area contributed by atoms with Gasteiger partial charge in [-0.3, -0.25) is 14.2 Å². The molecule has 3 heterocycles. The molecule has 0 unspecified atom stereocenters. The van der Waals surface area contributed by atoms with E-state index in [0.717, 1.165) is 25.2 Å². The van der Waals surface area contributed by atoms with Crippen LogP contribution in [0.25, 0.3) is 5.69 Å². The molecule has 0 radical (unpaired) electrons. The van der Waals surface area contributed by atoms with Gasteiger partial charge in [0.2, 0.25) is 0 Å². The van der Waals surface area contributed by atoms with Crippen molar-refractivity contribution in [2.45, 2.75) is 13.3 Å². The van der Waals surface area contributed by atoms with E-state index in [9.17, 15) is 14.7 Å². The number of hydrogen-bond acceptors (Lipinski definition) is 5. The highest BCUT2D eigenvalue weighted by atomic mass is 16.4. The molecule has 2 atom stereocenters. The highest BCUT2D eigenvalue weighted by molar-refractivity contribution is 5.95. The van der Waals surface area contributed by atoms with Gasteiger partial charge >= 0.3 is 5.97 Å². The van der Waals surface area contributed by atoms with Gasteiger partial charge in [0.25, 0.3) is 5.91 Å². The first-order valence-electron chi connectivity index (χ1n) is 9.23. The summed E-state index contributed by atoms with van der Waals surface area (Å²) >= 11 is 0. The lowest BCUT2D eigenvalue weighted by Crippen LogP contribution is -2.42. The van der Waals surface area contributed by atoms with E-state index in [1.54, 1.807) is 34.3 Å². The lowest BCUT2D eigenvalue weighted by Gasteiger charge is -2.25. The molecule has 1 aromatic carbocycles. The van der Waals surface area contributed by atoms with Gasteiger partial charge in [-0.15, -0.1) is 10.2 Å². The smallest absolute Gasteiger partial charge is 0.313 e. The molecular formula is C19H23N5O3. The number of carbonyl (C=O) groups is 2. The summed E-state index contributed by atoms with van der Waals surface area (Å²) in [6.07, 6.45) is 4.15. The van der Waals surface area contributed by atoms with Gasteiger partial charge in [-0.05, 0) is 31.2 Å². The van der Waals surface area contributed by atoms with Crippen molar-refractivity contribution in [3.8, 4) is 5.69 Å². The van der Waals surface area contributed by atoms with E-state index >= 15 is 0 Å². The Bertz CT molecular complexity index is 853. The van der Waals surface area contributed by atoms with Gasteiger partial charge in [0.05, 0.1) is 0 Å². The Morgan fingerprint density at radius 2 is 2.00 bits per heavy atom. The number of aliphatic carboxylic acids is 1. The topological polar surface area (TPSA) is 91.6 Å². The number of likely N-dealkylation sites (tertiary alicyclic amines) is 2. The van der Waals surface area contributed by atoms with Crippen molar-refractivity contribution in [3.05, 3.63) is 42.5 Å². The summed E-state index contributed by atoms with van der Waals surface area (Å²) in [7, 11) is 0. The first kappa shape index (κ1) is 17.7. The molecule has 142 valence electrons. The van der Waals surface area contributed by atoms with Crippen LogP contribution in [-0.4, -0.2) is 74.3 Å². The number of fused-ring (bicyclic) bond motifs is 1. The molecule has 0 saturated carbocycles. The van der Waals surface area contributed by atoms with E-state index in [2.05, 4.69) is 22.0 Å². The zero-order chi connectivity index (χ0) is 19.0. The number of aromatic nitrogens is 3. The molecule has 1 amide bonds. The van der Waals surface area contributed by atoms with Crippen LogP contribution >= 0.6 is 0 Å². The maximum atomic E-state index is 13.1. The molecule has 0 spiro atoms. The maximum Gasteiger partial charge on any atom is 0.313 e. The minimum absolute atomic E-state index is 0.0217. The molecule has 1 aromatic heterocycles. The highest BCUT2D eigenvalue weighted by Crippen LogP contribution is 2.43. The van der Waals surface area contributed by atoms with Crippen molar-refractivity contribution >= 4 is 11.9 Å². The third-order valence-corrected chi connectivity index (χ3v) is 5.74. The maximum absolute atomic E-state index is 13.1. The van der Waals surface area contributed by atoms with E-state index in [4.69, 9.17) is 0 Å². The molecule has 27 heavy (non-hydrogen) atoms. The summed E-state index contributed by atoms with van der Waals surface area (Å²) in [5.74, 6) is -0.937. The molecule has 1 N–H and O–H groups in total. The number of carbonyl (C=O) groups excluding carboxylic acids is 1. The van der Waals surface area contributed by atoms with E-state index in [0.29, 0.717) is 18.7 Å². The van der Waals surface area contributed by atoms with Crippen LogP contribution in [0.1, 0.15) is 23.7 Å². The largest absolute Gasteiger partial charge is 0.481 e. The molecule has 8 heteroatoms. The average Bonchev–Trinajstić information content (AvgIpc) is 3.36. The van der Waals surface area contributed by atoms with Gasteiger partial charge in [0.1, 0.15) is 18.1 Å². The van der Waals surface area contributed by atoms with Gasteiger partial charge < -0.3 is 14.9 Å². The van der Waals surface area contributed by atoms with Crippen LogP contribution in [0.15, 0.2) is 36.9 Å². The van der Waals surface area contributed by atoms with Gasteiger partial charge in [-0.1, -0.05) is 13.0 Å². The SMILES string of the molecule is CCCN1C[C@H]2CN(C(=O)c3cccc(-n4cnnc4)c3)C[C@@]2(C(=O)O)C1. The van der Waals surface area contributed by atoms with Crippen molar-refractivity contribution in [2.24, 2.45) is 11.3 Å². The molecular weight excluding hydrogens is 346 g/mol. The van der Waals surface area contributed by atoms with Crippen LogP contribution < -0.4 is 0 Å². The summed E-state index contributed by atoms with van der Waals surface area (Å²) in [5, 5.41) is 17.5. The van der Waals surface area contributed by atoms with Crippen molar-refractivity contribution < 1.29 is 14.7 Å². The molecule has 2 aliphatic rings. The fourth-order valence-electron chi connectivity index (χ4n) is 4.43. The Morgan fingerprint density at radius 1 is 1.22 bits per heavy atom. The number of carboxylic acids is 1. The standard InChI is InChI=1S/C19H23N5O3/c1-2-6-22-8-15-9-23(11-19(15,10-22)18(26)27)17(25)14-4-3-5-16(7-14)24-12-20-21-13-24/h3-5,7,12-13,15H,2,6,8-11H2,1H3,(H,26,27)/t15-,19-/m0/s1. The second-order valence-corrected chi connectivity index (χ2v) is 7.50. The Hall–Kier alpha value is -2.74. The van der Waals surface area contributed by atoms with Crippen LogP contribution in [0, 0.1) is 11.3 Å². The van der Waals surface area contributed by atoms with Crippen LogP contribution in [0.5, 0.6) is 0 Å². The fraction of sp³-hybridized carbons (Fsp3) is 0.474. The van der Waals surface area contributed by atoms with Crippen molar-refractivity contribution in [1.29, 1.82) is 0 Å². The second-order valence-electron chi connectivity index (χ2n) is 7.50. The van der Waals surface area contributed by atoms with Crippen LogP contribution in [0.2, 0.25) is 0 Å². The number of amides is 1. The predicted octanol–water partition coefficient (Wildman–Crippen LogP) is 1.14. The number of benzene rings is 1. The molecule has 0 bridgehead atoms. The number of hydrogen-bond donors (Lipinski definition) is 1. The number of nitrogens with zero attached hydrogens (tertiary/aromatic N) is 5. The van der Waals surface area contributed by atoms with Crippen LogP contribution in [-0.2, 0) is 4.79 Å². The first-order valence-corrected chi connectivity index (χ1v) is 9.23. The fourth-order valence-corrected chi connectivity index (χ4v) is 4.43. The van der Waals surface area contributed by atoms with Crippen molar-refractivity contribution in [2.75, 3.05) is 32.7 Å². The van der Waals surface area contributed by atoms with E-state index in [1.165, 1.54) is 0 Å². The number of carboxylic acid groups (broad SMARTS) is 1. The second kappa shape index (κ2) is 6.77. The monoisotopic (exact) mass is 369 g/mol. The summed E-state index contributed by atoms with van der Waals surface area (Å²) in [4.78, 5) is 29.1. The average molecular weight is 369 g/mol. The summed E-state index contributed by atoms with van der Waals surface area (Å²) < 4.78 is 1.73. The van der Waals surface area contributed by atoms with E-state index in [-0.39, 0.29) is 18.4 Å². The summed E-state index contributed by atoms with van der Waals surface area (Å²) in [6.45, 7) is 5.02. The molecule has 2 aromatic rings. The van der Waals surface area contributed by atoms with Gasteiger partial charge in [0, 0.05) is 43.3 Å². The van der Waals surface area contributed by atoms with Crippen molar-refractivity contribution in [1.82, 2.24) is 24.6 Å². The zero-order valence-electron chi connectivity index (χ0n) is 15.3. The van der Waals surface area contributed by atoms with Gasteiger partial charge in [-0.2, -0.15) is 0 Å². The van der Waals surface area contributed by atoms with E-state index in [1.807, 2.05) is 12.1 Å². The molecule has 8 nitrogen and oxygen atoms in total. The van der Waals surface area contributed by atoms with Crippen LogP contribution in [0.3, 0.4) is 0 Å². The Morgan fingerprint density at radius 3 is 2.67 bits per heavy atom. The lowest BCUT2D eigenvalue weighted by atomic mass is 9.81. The summed E-state index contributed by atoms with van der Waals surface area (Å²) in [5.41, 5.74) is 0.496. The number of rotatable bonds is 5. The molecule has 0 aliphatic carbocycles. The summed E-state index contributed by atoms with van der Waals surface area (Å²) in [6, 6.07) is 7.24. The molecule has 2 fully saturated rings. The minimum atomic E-state index is -0.850. The normalized spacial score (nSPS) is 24.9. The van der Waals surface area contributed by atoms with E-state index < -0.39 is 11.4 Å². The van der Waals surface area contributed by atoms with Gasteiger partial charge in [-0.25, -0.2) is 0 Å². The first-order chi connectivity index (χ1) is 13.0. The highest BCUT2D eigenvalue weighted by Gasteiger charge is 2.58. The van der Waals surface area contributed by atoms with Gasteiger partial charge in [0.15, 0.2) is 0 Å². The third-order valence-electron chi connectivity index (χ3n) is 5.74. The van der Waals surface area contributed by atoms with Crippen molar-refractivity contribution in [3.63, 3.8) is 0 Å². The zero-order valence-corrected chi connectivity index (χ0v) is 15.3. The Kier molecular flexibility index (Phi) is 4.43. The molecule has 2 saturated heterocycles. The molecule has 2 aliphatic heterocycles. The Balaban J connectivity index is 1.55. The predicted molar refractivity (Wildman–Crippen MR) is 97.6 cm³/mol. The molecule has 4 rings (SSSR count).